The van der Waals surface area contributed by atoms with Crippen LogP contribution in [0.2, 0.25) is 0 Å². The van der Waals surface area contributed by atoms with Gasteiger partial charge < -0.3 is 10.4 Å². The molecule has 1 heterocycles. The summed E-state index contributed by atoms with van der Waals surface area (Å²) in [5.41, 5.74) is 0. The highest BCUT2D eigenvalue weighted by atomic mass is 32.2. The monoisotopic (exact) mass is 187 g/mol. The van der Waals surface area contributed by atoms with Crippen LogP contribution in [-0.2, 0) is 0 Å². The maximum absolute atomic E-state index is 9.10. The highest BCUT2D eigenvalue weighted by Gasteiger charge is 2.29. The quantitative estimate of drug-likeness (QED) is 0.676. The lowest BCUT2D eigenvalue weighted by molar-refractivity contribution is 0.0583. The van der Waals surface area contributed by atoms with Crippen LogP contribution >= 0.6 is 11.8 Å². The van der Waals surface area contributed by atoms with Crippen molar-refractivity contribution in [1.29, 1.82) is 0 Å². The molecule has 0 bridgehead atoms. The standard InChI is InChI=1S/C9H17NOS/c11-9-4-8(5-9)10-7-2-1-3-12-6-7/h7-11H,1-6H2. The summed E-state index contributed by atoms with van der Waals surface area (Å²) in [6, 6.07) is 1.34. The van der Waals surface area contributed by atoms with E-state index < -0.39 is 0 Å². The molecule has 0 aromatic carbocycles. The Morgan fingerprint density at radius 2 is 2.08 bits per heavy atom. The van der Waals surface area contributed by atoms with E-state index in [1.807, 2.05) is 0 Å². The van der Waals surface area contributed by atoms with Gasteiger partial charge >= 0.3 is 0 Å². The lowest BCUT2D eigenvalue weighted by Crippen LogP contribution is -2.49. The van der Waals surface area contributed by atoms with Gasteiger partial charge in [0.2, 0.25) is 0 Å². The fourth-order valence-electron chi connectivity index (χ4n) is 1.93. The summed E-state index contributed by atoms with van der Waals surface area (Å²) in [7, 11) is 0. The molecule has 0 aromatic rings. The van der Waals surface area contributed by atoms with Crippen LogP contribution in [0.4, 0.5) is 0 Å². The number of aliphatic hydroxyl groups excluding tert-OH is 1. The number of thioether (sulfide) groups is 1. The minimum Gasteiger partial charge on any atom is -0.393 e. The molecule has 1 unspecified atom stereocenters. The number of aliphatic hydroxyl groups is 1. The van der Waals surface area contributed by atoms with Crippen molar-refractivity contribution in [3.05, 3.63) is 0 Å². The third kappa shape index (κ3) is 2.15. The van der Waals surface area contributed by atoms with E-state index in [0.29, 0.717) is 6.04 Å². The van der Waals surface area contributed by atoms with Crippen molar-refractivity contribution in [3.63, 3.8) is 0 Å². The van der Waals surface area contributed by atoms with E-state index in [1.54, 1.807) is 0 Å². The molecule has 1 aliphatic carbocycles. The van der Waals surface area contributed by atoms with E-state index in [4.69, 9.17) is 5.11 Å². The van der Waals surface area contributed by atoms with Gasteiger partial charge in [-0.1, -0.05) is 0 Å². The average molecular weight is 187 g/mol. The molecule has 1 aliphatic heterocycles. The average Bonchev–Trinajstić information content (AvgIpc) is 2.04. The van der Waals surface area contributed by atoms with Crippen LogP contribution in [-0.4, -0.2) is 34.8 Å². The van der Waals surface area contributed by atoms with Crippen molar-refractivity contribution in [2.45, 2.75) is 43.9 Å². The SMILES string of the molecule is OC1CC(NC2CCCSC2)C1. The molecular weight excluding hydrogens is 170 g/mol. The van der Waals surface area contributed by atoms with Gasteiger partial charge in [-0.25, -0.2) is 0 Å². The van der Waals surface area contributed by atoms with Crippen LogP contribution < -0.4 is 5.32 Å². The molecule has 3 heteroatoms. The van der Waals surface area contributed by atoms with E-state index in [0.717, 1.165) is 18.9 Å². The molecule has 2 fully saturated rings. The highest BCUT2D eigenvalue weighted by Crippen LogP contribution is 2.23. The molecule has 1 saturated carbocycles. The number of rotatable bonds is 2. The minimum atomic E-state index is -0.0151. The molecule has 12 heavy (non-hydrogen) atoms. The van der Waals surface area contributed by atoms with E-state index in [1.165, 1.54) is 24.3 Å². The maximum atomic E-state index is 9.10. The number of nitrogens with one attached hydrogen (secondary N) is 1. The van der Waals surface area contributed by atoms with Crippen molar-refractivity contribution < 1.29 is 5.11 Å². The van der Waals surface area contributed by atoms with Crippen LogP contribution in [0, 0.1) is 0 Å². The lowest BCUT2D eigenvalue weighted by Gasteiger charge is -2.36. The molecule has 70 valence electrons. The summed E-state index contributed by atoms with van der Waals surface area (Å²) >= 11 is 2.06. The zero-order valence-corrected chi connectivity index (χ0v) is 8.15. The Hall–Kier alpha value is 0.270. The van der Waals surface area contributed by atoms with Crippen molar-refractivity contribution in [3.8, 4) is 0 Å². The zero-order chi connectivity index (χ0) is 8.39. The molecule has 0 aromatic heterocycles. The van der Waals surface area contributed by atoms with Gasteiger partial charge in [0.25, 0.3) is 0 Å². The molecule has 2 aliphatic rings. The van der Waals surface area contributed by atoms with Gasteiger partial charge in [-0.3, -0.25) is 0 Å². The first-order valence-corrected chi connectivity index (χ1v) is 6.02. The topological polar surface area (TPSA) is 32.3 Å². The summed E-state index contributed by atoms with van der Waals surface area (Å²) in [6.07, 6.45) is 4.62. The summed E-state index contributed by atoms with van der Waals surface area (Å²) in [4.78, 5) is 0. The van der Waals surface area contributed by atoms with Gasteiger partial charge in [-0.15, -0.1) is 0 Å². The highest BCUT2D eigenvalue weighted by molar-refractivity contribution is 7.99. The van der Waals surface area contributed by atoms with E-state index in [9.17, 15) is 0 Å². The normalized spacial score (nSPS) is 42.2. The molecule has 0 radical (unpaired) electrons. The first-order chi connectivity index (χ1) is 5.84. The second kappa shape index (κ2) is 3.99. The van der Waals surface area contributed by atoms with Gasteiger partial charge in [-0.2, -0.15) is 11.8 Å². The number of hydrogen-bond donors (Lipinski definition) is 2. The van der Waals surface area contributed by atoms with Crippen LogP contribution in [0.15, 0.2) is 0 Å². The van der Waals surface area contributed by atoms with E-state index >= 15 is 0 Å². The Bertz CT molecular complexity index is 141. The molecule has 1 saturated heterocycles. The third-order valence-corrected chi connectivity index (χ3v) is 3.96. The van der Waals surface area contributed by atoms with Crippen molar-refractivity contribution in [2.75, 3.05) is 11.5 Å². The second-order valence-electron chi connectivity index (χ2n) is 3.90. The van der Waals surface area contributed by atoms with Gasteiger partial charge in [0, 0.05) is 17.8 Å². The summed E-state index contributed by atoms with van der Waals surface area (Å²) in [5.74, 6) is 2.61. The Morgan fingerprint density at radius 3 is 2.67 bits per heavy atom. The number of hydrogen-bond acceptors (Lipinski definition) is 3. The van der Waals surface area contributed by atoms with Gasteiger partial charge in [0.1, 0.15) is 0 Å². The molecule has 0 spiro atoms. The Labute approximate surface area is 78.1 Å². The third-order valence-electron chi connectivity index (χ3n) is 2.74. The smallest absolute Gasteiger partial charge is 0.0570 e. The fraction of sp³-hybridized carbons (Fsp3) is 1.00. The zero-order valence-electron chi connectivity index (χ0n) is 7.33. The Morgan fingerprint density at radius 1 is 1.25 bits per heavy atom. The van der Waals surface area contributed by atoms with Crippen LogP contribution in [0.25, 0.3) is 0 Å². The molecule has 2 nitrogen and oxygen atoms in total. The van der Waals surface area contributed by atoms with Crippen LogP contribution in [0.5, 0.6) is 0 Å². The Balaban J connectivity index is 1.65. The molecule has 2 N–H and O–H groups in total. The minimum absolute atomic E-state index is 0.0151. The summed E-state index contributed by atoms with van der Waals surface area (Å²) in [5, 5.41) is 12.7. The molecule has 1 atom stereocenters. The fourth-order valence-corrected chi connectivity index (χ4v) is 3.01. The molecular formula is C9H17NOS. The van der Waals surface area contributed by atoms with Crippen molar-refractivity contribution in [1.82, 2.24) is 5.32 Å². The van der Waals surface area contributed by atoms with Gasteiger partial charge in [0.05, 0.1) is 6.10 Å². The van der Waals surface area contributed by atoms with Crippen LogP contribution in [0.3, 0.4) is 0 Å². The largest absolute Gasteiger partial charge is 0.393 e. The maximum Gasteiger partial charge on any atom is 0.0570 e. The second-order valence-corrected chi connectivity index (χ2v) is 5.05. The van der Waals surface area contributed by atoms with E-state index in [-0.39, 0.29) is 6.10 Å². The lowest BCUT2D eigenvalue weighted by atomic mass is 9.89. The predicted molar refractivity (Wildman–Crippen MR) is 52.5 cm³/mol. The van der Waals surface area contributed by atoms with Gasteiger partial charge in [0.15, 0.2) is 0 Å². The van der Waals surface area contributed by atoms with E-state index in [2.05, 4.69) is 17.1 Å². The van der Waals surface area contributed by atoms with Crippen molar-refractivity contribution in [2.24, 2.45) is 0 Å². The summed E-state index contributed by atoms with van der Waals surface area (Å²) in [6.45, 7) is 0. The first-order valence-electron chi connectivity index (χ1n) is 4.86. The summed E-state index contributed by atoms with van der Waals surface area (Å²) < 4.78 is 0. The predicted octanol–water partition coefficient (Wildman–Crippen LogP) is 0.995. The van der Waals surface area contributed by atoms with Crippen LogP contribution in [0.1, 0.15) is 25.7 Å². The molecule has 0 amide bonds. The van der Waals surface area contributed by atoms with Crippen molar-refractivity contribution >= 4 is 11.8 Å². The van der Waals surface area contributed by atoms with Gasteiger partial charge in [-0.05, 0) is 31.4 Å². The molecule has 2 rings (SSSR count). The Kier molecular flexibility index (Phi) is 2.94. The first kappa shape index (κ1) is 8.85.